The molecular formula is C71H88F6IN9O20. The predicted octanol–water partition coefficient (Wildman–Crippen LogP) is 6.34. The molecule has 0 aliphatic carbocycles. The van der Waals surface area contributed by atoms with Gasteiger partial charge in [0.05, 0.1) is 19.8 Å². The van der Waals surface area contributed by atoms with Gasteiger partial charge in [-0.15, -0.1) is 0 Å². The quantitative estimate of drug-likeness (QED) is 0.0310. The third-order valence-electron chi connectivity index (χ3n) is 16.5. The van der Waals surface area contributed by atoms with Crippen LogP contribution < -0.4 is 26.6 Å². The minimum atomic E-state index is -2.74. The van der Waals surface area contributed by atoms with Crippen LogP contribution in [0.1, 0.15) is 119 Å². The van der Waals surface area contributed by atoms with Crippen molar-refractivity contribution in [3.8, 4) is 11.4 Å². The smallest absolute Gasteiger partial charge is 0.439 e. The molecule has 7 heterocycles. The first-order valence-corrected chi connectivity index (χ1v) is 34.6. The molecule has 0 radical (unpaired) electrons. The maximum absolute atomic E-state index is 13.3. The van der Waals surface area contributed by atoms with E-state index >= 15 is 0 Å². The number of esters is 2. The van der Waals surface area contributed by atoms with E-state index in [2.05, 4.69) is 42.6 Å². The fraction of sp³-hybridized carbons (Fsp3) is 0.507. The molecule has 0 bridgehead atoms. The summed E-state index contributed by atoms with van der Waals surface area (Å²) in [6.45, 7) is 11.3. The molecule has 4 aromatic carbocycles. The molecule has 6 amide bonds. The Kier molecular flexibility index (Phi) is 30.5. The van der Waals surface area contributed by atoms with Crippen LogP contribution in [0.3, 0.4) is 0 Å². The van der Waals surface area contributed by atoms with E-state index in [1.54, 1.807) is 90.1 Å². The number of nitrogens with one attached hydrogen (secondary N) is 2. The zero-order valence-electron chi connectivity index (χ0n) is 58.7. The van der Waals surface area contributed by atoms with E-state index in [9.17, 15) is 89.6 Å². The minimum Gasteiger partial charge on any atom is -0.479 e. The summed E-state index contributed by atoms with van der Waals surface area (Å²) in [6, 6.07) is 26.3. The molecule has 1 aromatic heterocycles. The standard InChI is InChI=1S/C22H28F2N2O6.C18H20F2N2O6.C12H12F2INO.C10H17NO5.C8H7N3O2.CH4/c1-21(2,3)32-20(30)16(27)17-19(29)26(12-13-31-17)15-6-4-14(5-7-15)18(28)25-10-8-22(23,24)9-11-25;19-18(20)5-7-21(8-6-18)15(24)11-1-3-12(4-2-11)22-9-10-28-14(16(22)25)13(23)17(26)27;13-12(14)5-7-16(8-6-12)11(17)9-1-3-10(15)4-2-9;1-10(2,3)16-9(14)6(12)7-8(13)11-4-5-15-7;9-6-3-1-5(2-4-6)7-10-8(12)13-11-7;/h4-7,16-17,27H,8-13H2,1-3H3;1-4,13-14,23H,5-10H2,(H,26,27);1-4H,5-8H2;6-7,12H,4-5H2,1-3H3,(H,11,13);1-4H,9H2,(H,10,11,12);1H4/t16-,17-;13-,14-;;6-,7-;;/m11.1../s1. The largest absolute Gasteiger partial charge is 0.479 e. The number of carboxylic acids is 1. The van der Waals surface area contributed by atoms with Crippen LogP contribution in [0.5, 0.6) is 0 Å². The molecule has 8 N–H and O–H groups in total. The van der Waals surface area contributed by atoms with Crippen molar-refractivity contribution >= 4 is 93.0 Å². The summed E-state index contributed by atoms with van der Waals surface area (Å²) in [7, 11) is 0. The predicted molar refractivity (Wildman–Crippen MR) is 380 cm³/mol. The number of likely N-dealkylation sites (tertiary alicyclic amines) is 3. The number of nitrogen functional groups attached to an aromatic ring is 1. The van der Waals surface area contributed by atoms with Crippen LogP contribution in [0.4, 0.5) is 43.4 Å². The number of amides is 6. The van der Waals surface area contributed by atoms with Crippen molar-refractivity contribution in [3.05, 3.63) is 128 Å². The van der Waals surface area contributed by atoms with Crippen molar-refractivity contribution in [3.63, 3.8) is 0 Å². The fourth-order valence-corrected chi connectivity index (χ4v) is 11.2. The molecule has 6 aliphatic heterocycles. The second kappa shape index (κ2) is 37.6. The number of aliphatic hydroxyl groups excluding tert-OH is 3. The lowest BCUT2D eigenvalue weighted by Crippen LogP contribution is -2.55. The number of carbonyl (C=O) groups excluding carboxylic acids is 8. The van der Waals surface area contributed by atoms with Crippen LogP contribution in [0.15, 0.2) is 106 Å². The second-order valence-electron chi connectivity index (χ2n) is 27.0. The van der Waals surface area contributed by atoms with Crippen molar-refractivity contribution in [2.75, 3.05) is 94.3 Å². The van der Waals surface area contributed by atoms with Gasteiger partial charge in [-0.3, -0.25) is 38.3 Å². The number of nitrogens with two attached hydrogens (primary N) is 1. The number of anilines is 3. The van der Waals surface area contributed by atoms with Gasteiger partial charge in [-0.25, -0.2) is 45.5 Å². The first kappa shape index (κ1) is 86.8. The number of carbonyl (C=O) groups is 9. The third-order valence-corrected chi connectivity index (χ3v) is 17.2. The highest BCUT2D eigenvalue weighted by Gasteiger charge is 2.44. The number of aromatic amines is 1. The van der Waals surface area contributed by atoms with E-state index in [1.807, 2.05) is 12.1 Å². The van der Waals surface area contributed by atoms with Crippen molar-refractivity contribution < 1.29 is 118 Å². The van der Waals surface area contributed by atoms with Gasteiger partial charge in [0.15, 0.2) is 42.4 Å². The summed E-state index contributed by atoms with van der Waals surface area (Å²) < 4.78 is 110. The molecule has 107 heavy (non-hydrogen) atoms. The summed E-state index contributed by atoms with van der Waals surface area (Å²) in [5.74, 6) is -14.3. The second-order valence-corrected chi connectivity index (χ2v) is 28.2. The molecule has 6 fully saturated rings. The lowest BCUT2D eigenvalue weighted by molar-refractivity contribution is -0.178. The van der Waals surface area contributed by atoms with Gasteiger partial charge in [-0.2, -0.15) is 0 Å². The SMILES string of the molecule is C.CC(C)(C)OC(=O)[C@H](O)[C@H]1OCCN(c2ccc(C(=O)N3CCC(F)(F)CC3)cc2)C1=O.CC(C)(C)OC(=O)[C@H](O)[C@H]1OCCNC1=O.Nc1ccc(-c2noc(=O)[nH]2)cc1.O=C(O)[C@H](O)[C@H]1OCCN(c2ccc(C(=O)N3CCC(F)(F)CC3)cc2)C1=O.O=C(c1ccc(I)cc1)N1CCC(F)(F)CC1. The first-order chi connectivity index (χ1) is 49.6. The number of alkyl halides is 6. The van der Waals surface area contributed by atoms with E-state index in [1.165, 1.54) is 60.9 Å². The molecular weight excluding hydrogens is 1540 g/mol. The fourth-order valence-electron chi connectivity index (χ4n) is 10.9. The van der Waals surface area contributed by atoms with E-state index in [4.69, 9.17) is 34.5 Å². The number of ether oxygens (including phenoxy) is 5. The van der Waals surface area contributed by atoms with Crippen molar-refractivity contribution in [2.45, 2.75) is 153 Å². The molecule has 6 aliphatic rings. The van der Waals surface area contributed by atoms with E-state index in [0.29, 0.717) is 46.1 Å². The Balaban J connectivity index is 0.000000217. The number of halogens is 7. The summed E-state index contributed by atoms with van der Waals surface area (Å²) in [6.07, 6.45) is -11.4. The summed E-state index contributed by atoms with van der Waals surface area (Å²) in [5.41, 5.74) is 7.45. The number of benzene rings is 4. The zero-order chi connectivity index (χ0) is 78.2. The molecule has 29 nitrogen and oxygen atoms in total. The molecule has 6 atom stereocenters. The number of hydrogen-bond acceptors (Lipinski definition) is 21. The average Bonchev–Trinajstić information content (AvgIpc) is 1.46. The molecule has 11 rings (SSSR count). The lowest BCUT2D eigenvalue weighted by atomic mass is 10.0. The van der Waals surface area contributed by atoms with Crippen molar-refractivity contribution in [1.29, 1.82) is 0 Å². The Labute approximate surface area is 625 Å². The van der Waals surface area contributed by atoms with Crippen LogP contribution >= 0.6 is 22.6 Å². The van der Waals surface area contributed by atoms with Gasteiger partial charge in [-0.05, 0) is 161 Å². The van der Waals surface area contributed by atoms with E-state index < -0.39 is 107 Å². The molecule has 0 spiro atoms. The maximum atomic E-state index is 13.3. The lowest BCUT2D eigenvalue weighted by Gasteiger charge is -2.34. The van der Waals surface area contributed by atoms with Crippen LogP contribution in [0, 0.1) is 3.57 Å². The number of morpholine rings is 3. The average molecular weight is 1630 g/mol. The Morgan fingerprint density at radius 3 is 1.21 bits per heavy atom. The number of nitrogens with zero attached hydrogens (tertiary/aromatic N) is 6. The number of piperidine rings is 3. The Morgan fingerprint density at radius 1 is 0.533 bits per heavy atom. The van der Waals surface area contributed by atoms with Crippen LogP contribution in [-0.2, 0) is 52.5 Å². The summed E-state index contributed by atoms with van der Waals surface area (Å²) in [4.78, 5) is 128. The van der Waals surface area contributed by atoms with Crippen LogP contribution in [0.2, 0.25) is 0 Å². The number of rotatable bonds is 12. The van der Waals surface area contributed by atoms with Gasteiger partial charge in [0.2, 0.25) is 0 Å². The molecule has 0 unspecified atom stereocenters. The monoisotopic (exact) mass is 1630 g/mol. The normalized spacial score (nSPS) is 20.6. The van der Waals surface area contributed by atoms with Gasteiger partial charge in [0, 0.05) is 140 Å². The number of carboxylic acid groups (broad SMARTS) is 1. The Morgan fingerprint density at radius 2 is 0.879 bits per heavy atom. The molecule has 586 valence electrons. The molecule has 5 aromatic rings. The number of aromatic nitrogens is 2. The van der Waals surface area contributed by atoms with Crippen LogP contribution in [-0.4, -0.2) is 243 Å². The molecule has 0 saturated carbocycles. The minimum absolute atomic E-state index is 0. The third kappa shape index (κ3) is 25.5. The van der Waals surface area contributed by atoms with Gasteiger partial charge < -0.3 is 79.7 Å². The highest BCUT2D eigenvalue weighted by Crippen LogP contribution is 2.33. The maximum Gasteiger partial charge on any atom is 0.439 e. The number of aliphatic hydroxyl groups is 3. The zero-order valence-corrected chi connectivity index (χ0v) is 60.8. The van der Waals surface area contributed by atoms with Gasteiger partial charge in [-0.1, -0.05) is 12.6 Å². The number of aliphatic carboxylic acids is 1. The van der Waals surface area contributed by atoms with Crippen molar-refractivity contribution in [1.82, 2.24) is 30.2 Å². The highest BCUT2D eigenvalue weighted by atomic mass is 127. The number of H-pyrrole nitrogens is 1. The van der Waals surface area contributed by atoms with E-state index in [0.717, 1.165) is 9.13 Å². The number of hydrogen-bond donors (Lipinski definition) is 7. The Bertz CT molecular complexity index is 3910. The van der Waals surface area contributed by atoms with E-state index in [-0.39, 0.29) is 136 Å². The van der Waals surface area contributed by atoms with Crippen molar-refractivity contribution in [2.24, 2.45) is 0 Å². The van der Waals surface area contributed by atoms with Gasteiger partial charge in [0.25, 0.3) is 53.2 Å². The van der Waals surface area contributed by atoms with Crippen LogP contribution in [0.25, 0.3) is 11.4 Å². The molecule has 6 saturated heterocycles. The van der Waals surface area contributed by atoms with Gasteiger partial charge in [0.1, 0.15) is 11.2 Å². The van der Waals surface area contributed by atoms with Gasteiger partial charge >= 0.3 is 23.7 Å². The summed E-state index contributed by atoms with van der Waals surface area (Å²) >= 11 is 2.15. The Hall–Kier alpha value is -9.08. The highest BCUT2D eigenvalue weighted by molar-refractivity contribution is 14.1. The topological polar surface area (TPSA) is 394 Å². The first-order valence-electron chi connectivity index (χ1n) is 33.5. The summed E-state index contributed by atoms with van der Waals surface area (Å²) in [5, 5.41) is 44.4. The molecule has 36 heteroatoms.